The molecular weight excluding hydrogens is 214 g/mol. The zero-order valence-electron chi connectivity index (χ0n) is 9.49. The molecule has 15 heavy (non-hydrogen) atoms. The second kappa shape index (κ2) is 4.99. The third kappa shape index (κ3) is 3.21. The fourth-order valence-corrected chi connectivity index (χ4v) is 2.41. The van der Waals surface area contributed by atoms with Gasteiger partial charge in [0.25, 0.3) is 0 Å². The Labute approximate surface area is 91.6 Å². The van der Waals surface area contributed by atoms with E-state index >= 15 is 0 Å². The highest BCUT2D eigenvalue weighted by Gasteiger charge is 2.29. The Hall–Kier alpha value is -0.550. The van der Waals surface area contributed by atoms with Crippen molar-refractivity contribution >= 4 is 9.84 Å². The minimum atomic E-state index is -3.05. The van der Waals surface area contributed by atoms with Gasteiger partial charge in [-0.3, -0.25) is 0 Å². The average molecular weight is 233 g/mol. The molecule has 0 radical (unpaired) electrons. The maximum Gasteiger partial charge on any atom is 0.152 e. The molecule has 0 bridgehead atoms. The van der Waals surface area contributed by atoms with Crippen molar-refractivity contribution in [3.8, 4) is 0 Å². The first-order valence-electron chi connectivity index (χ1n) is 5.16. The summed E-state index contributed by atoms with van der Waals surface area (Å²) in [6, 6.07) is -0.236. The van der Waals surface area contributed by atoms with E-state index in [0.717, 1.165) is 18.6 Å². The molecule has 1 rings (SSSR count). The third-order valence-electron chi connectivity index (χ3n) is 2.73. The van der Waals surface area contributed by atoms with Crippen LogP contribution in [0.5, 0.6) is 0 Å². The predicted molar refractivity (Wildman–Crippen MR) is 60.4 cm³/mol. The number of allylic oxidation sites excluding steroid dienone is 1. The highest BCUT2D eigenvalue weighted by molar-refractivity contribution is 7.91. The monoisotopic (exact) mass is 233 g/mol. The van der Waals surface area contributed by atoms with Gasteiger partial charge in [-0.2, -0.15) is 0 Å². The fraction of sp³-hybridized carbons (Fsp3) is 0.800. The van der Waals surface area contributed by atoms with Crippen molar-refractivity contribution < 1.29 is 13.2 Å². The fourth-order valence-electron chi connectivity index (χ4n) is 1.65. The van der Waals surface area contributed by atoms with Gasteiger partial charge in [0.2, 0.25) is 0 Å². The van der Waals surface area contributed by atoms with Crippen LogP contribution in [0.4, 0.5) is 0 Å². The van der Waals surface area contributed by atoms with E-state index in [0.29, 0.717) is 6.61 Å². The van der Waals surface area contributed by atoms with E-state index in [-0.39, 0.29) is 6.04 Å². The van der Waals surface area contributed by atoms with Crippen LogP contribution in [0.1, 0.15) is 19.8 Å². The lowest BCUT2D eigenvalue weighted by molar-refractivity contribution is 0.168. The number of ether oxygens (including phenoxy) is 1. The van der Waals surface area contributed by atoms with Crippen LogP contribution in [-0.4, -0.2) is 39.6 Å². The summed E-state index contributed by atoms with van der Waals surface area (Å²) in [4.78, 5) is 0. The van der Waals surface area contributed by atoms with Crippen molar-refractivity contribution in [1.82, 2.24) is 5.32 Å². The molecule has 4 nitrogen and oxygen atoms in total. The molecule has 1 aliphatic rings. The minimum absolute atomic E-state index is 0.236. The number of rotatable bonds is 4. The first-order valence-corrected chi connectivity index (χ1v) is 7.11. The largest absolute Gasteiger partial charge is 0.497 e. The van der Waals surface area contributed by atoms with E-state index < -0.39 is 15.1 Å². The predicted octanol–water partition coefficient (Wildman–Crippen LogP) is 0.702. The van der Waals surface area contributed by atoms with Gasteiger partial charge in [-0.25, -0.2) is 8.42 Å². The Morgan fingerprint density at radius 2 is 2.20 bits per heavy atom. The molecule has 0 aromatic carbocycles. The molecule has 0 fully saturated rings. The highest BCUT2D eigenvalue weighted by atomic mass is 32.2. The summed E-state index contributed by atoms with van der Waals surface area (Å²) in [5, 5.41) is 2.54. The Kier molecular flexibility index (Phi) is 4.16. The van der Waals surface area contributed by atoms with Gasteiger partial charge in [0.05, 0.1) is 17.9 Å². The van der Waals surface area contributed by atoms with E-state index in [1.165, 1.54) is 6.26 Å². The number of hydrogen-bond donors (Lipinski definition) is 1. The van der Waals surface area contributed by atoms with Gasteiger partial charge < -0.3 is 10.1 Å². The summed E-state index contributed by atoms with van der Waals surface area (Å²) in [6.45, 7) is 2.38. The second-order valence-electron chi connectivity index (χ2n) is 3.90. The van der Waals surface area contributed by atoms with Gasteiger partial charge in [-0.15, -0.1) is 0 Å². The lowest BCUT2D eigenvalue weighted by atomic mass is 10.1. The Morgan fingerprint density at radius 1 is 1.53 bits per heavy atom. The molecule has 0 aliphatic carbocycles. The van der Waals surface area contributed by atoms with E-state index in [4.69, 9.17) is 4.74 Å². The maximum atomic E-state index is 11.5. The number of likely N-dealkylation sites (N-methyl/N-ethyl adjacent to an activating group) is 1. The molecule has 1 heterocycles. The maximum absolute atomic E-state index is 11.5. The molecule has 0 saturated heterocycles. The summed E-state index contributed by atoms with van der Waals surface area (Å²) in [6.07, 6.45) is 5.20. The van der Waals surface area contributed by atoms with Crippen LogP contribution in [0.15, 0.2) is 11.8 Å². The van der Waals surface area contributed by atoms with Crippen LogP contribution in [0.2, 0.25) is 0 Å². The summed E-state index contributed by atoms with van der Waals surface area (Å²) in [7, 11) is -1.29. The highest BCUT2D eigenvalue weighted by Crippen LogP contribution is 2.18. The molecule has 0 spiro atoms. The van der Waals surface area contributed by atoms with Crippen LogP contribution < -0.4 is 5.32 Å². The number of sulfone groups is 1. The van der Waals surface area contributed by atoms with Gasteiger partial charge in [0, 0.05) is 6.26 Å². The molecule has 88 valence electrons. The average Bonchev–Trinajstić information content (AvgIpc) is 2.19. The summed E-state index contributed by atoms with van der Waals surface area (Å²) in [5.74, 6) is 0.765. The lowest BCUT2D eigenvalue weighted by Crippen LogP contribution is -2.43. The quantitative estimate of drug-likeness (QED) is 0.776. The zero-order chi connectivity index (χ0) is 11.5. The summed E-state index contributed by atoms with van der Waals surface area (Å²) in [5.41, 5.74) is 0. The van der Waals surface area contributed by atoms with E-state index in [2.05, 4.69) is 5.32 Å². The van der Waals surface area contributed by atoms with Crippen LogP contribution in [0.25, 0.3) is 0 Å². The molecule has 2 atom stereocenters. The lowest BCUT2D eigenvalue weighted by Gasteiger charge is -2.27. The Bertz CT molecular complexity index is 335. The first kappa shape index (κ1) is 12.5. The van der Waals surface area contributed by atoms with E-state index in [1.54, 1.807) is 14.0 Å². The van der Waals surface area contributed by atoms with Crippen LogP contribution in [-0.2, 0) is 14.6 Å². The van der Waals surface area contributed by atoms with Crippen molar-refractivity contribution in [3.05, 3.63) is 11.8 Å². The van der Waals surface area contributed by atoms with Crippen molar-refractivity contribution in [3.63, 3.8) is 0 Å². The van der Waals surface area contributed by atoms with Gasteiger partial charge in [-0.1, -0.05) is 0 Å². The summed E-state index contributed by atoms with van der Waals surface area (Å²) < 4.78 is 28.4. The summed E-state index contributed by atoms with van der Waals surface area (Å²) >= 11 is 0. The first-order chi connectivity index (χ1) is 6.96. The Morgan fingerprint density at radius 3 is 2.60 bits per heavy atom. The third-order valence-corrected chi connectivity index (χ3v) is 4.35. The van der Waals surface area contributed by atoms with E-state index in [9.17, 15) is 8.42 Å². The smallest absolute Gasteiger partial charge is 0.152 e. The van der Waals surface area contributed by atoms with Crippen LogP contribution >= 0.6 is 0 Å². The van der Waals surface area contributed by atoms with Gasteiger partial charge in [0.1, 0.15) is 5.76 Å². The number of nitrogens with one attached hydrogen (secondary N) is 1. The molecule has 0 amide bonds. The second-order valence-corrected chi connectivity index (χ2v) is 6.30. The molecule has 1 aliphatic heterocycles. The van der Waals surface area contributed by atoms with Crippen LogP contribution in [0.3, 0.4) is 0 Å². The molecule has 0 aromatic rings. The molecule has 0 aromatic heterocycles. The van der Waals surface area contributed by atoms with E-state index in [1.807, 2.05) is 6.08 Å². The Balaban J connectivity index is 2.83. The molecule has 1 N–H and O–H groups in total. The van der Waals surface area contributed by atoms with Gasteiger partial charge in [-0.05, 0) is 32.9 Å². The molecule has 2 unspecified atom stereocenters. The molecule has 5 heteroatoms. The zero-order valence-corrected chi connectivity index (χ0v) is 10.3. The number of hydrogen-bond acceptors (Lipinski definition) is 4. The molecule has 0 saturated carbocycles. The van der Waals surface area contributed by atoms with Crippen molar-refractivity contribution in [2.45, 2.75) is 31.1 Å². The standard InChI is InChI=1S/C10H19NO3S/c1-8(15(3,12)13)10(11-2)9-6-4-5-7-14-9/h6,8,10-11H,4-5,7H2,1-3H3. The van der Waals surface area contributed by atoms with Crippen molar-refractivity contribution in [1.29, 1.82) is 0 Å². The van der Waals surface area contributed by atoms with Crippen LogP contribution in [0, 0.1) is 0 Å². The SMILES string of the molecule is CNC(C1=CCCCO1)C(C)S(C)(=O)=O. The van der Waals surface area contributed by atoms with Gasteiger partial charge in [0.15, 0.2) is 9.84 Å². The van der Waals surface area contributed by atoms with Crippen molar-refractivity contribution in [2.24, 2.45) is 0 Å². The van der Waals surface area contributed by atoms with Gasteiger partial charge >= 0.3 is 0 Å². The normalized spacial score (nSPS) is 21.4. The topological polar surface area (TPSA) is 55.4 Å². The minimum Gasteiger partial charge on any atom is -0.497 e. The molecular formula is C10H19NO3S. The van der Waals surface area contributed by atoms with Crippen molar-refractivity contribution in [2.75, 3.05) is 19.9 Å².